The van der Waals surface area contributed by atoms with E-state index >= 15 is 0 Å². The molecular weight excluding hydrogens is 240 g/mol. The van der Waals surface area contributed by atoms with Gasteiger partial charge in [-0.1, -0.05) is 0 Å². The molecule has 3 heteroatoms. The number of rotatable bonds is 6. The lowest BCUT2D eigenvalue weighted by Gasteiger charge is -2.37. The molecule has 3 fully saturated rings. The van der Waals surface area contributed by atoms with Crippen LogP contribution in [0.4, 0.5) is 0 Å². The lowest BCUT2D eigenvalue weighted by atomic mass is 10.1. The number of thioether (sulfide) groups is 1. The van der Waals surface area contributed by atoms with Crippen LogP contribution in [0.25, 0.3) is 0 Å². The van der Waals surface area contributed by atoms with Crippen molar-refractivity contribution in [1.82, 2.24) is 10.2 Å². The first kappa shape index (κ1) is 13.3. The molecule has 0 aromatic heterocycles. The monoisotopic (exact) mass is 268 g/mol. The molecule has 0 unspecified atom stereocenters. The fraction of sp³-hybridized carbons (Fsp3) is 1.00. The summed E-state index contributed by atoms with van der Waals surface area (Å²) in [5, 5.41) is 3.87. The molecule has 1 aliphatic heterocycles. The first-order valence-corrected chi connectivity index (χ1v) is 8.72. The van der Waals surface area contributed by atoms with Gasteiger partial charge in [-0.05, 0) is 51.4 Å². The van der Waals surface area contributed by atoms with Crippen LogP contribution in [0.2, 0.25) is 0 Å². The lowest BCUT2D eigenvalue weighted by molar-refractivity contribution is 0.252. The Labute approximate surface area is 116 Å². The molecule has 0 bridgehead atoms. The van der Waals surface area contributed by atoms with E-state index in [0.29, 0.717) is 4.75 Å². The normalized spacial score (nSPS) is 28.8. The highest BCUT2D eigenvalue weighted by Gasteiger charge is 2.41. The van der Waals surface area contributed by atoms with Gasteiger partial charge in [0.2, 0.25) is 0 Å². The zero-order chi connectivity index (χ0) is 12.6. The van der Waals surface area contributed by atoms with Gasteiger partial charge in [0.1, 0.15) is 0 Å². The lowest BCUT2D eigenvalue weighted by Crippen LogP contribution is -2.47. The SMILES string of the molecule is CC1(C)CN(CCNC(C2CC2)C2CC2)CCS1. The van der Waals surface area contributed by atoms with Gasteiger partial charge in [0, 0.05) is 42.7 Å². The van der Waals surface area contributed by atoms with E-state index < -0.39 is 0 Å². The van der Waals surface area contributed by atoms with Gasteiger partial charge >= 0.3 is 0 Å². The summed E-state index contributed by atoms with van der Waals surface area (Å²) in [5.74, 6) is 3.37. The maximum absolute atomic E-state index is 3.87. The third-order valence-corrected chi connectivity index (χ3v) is 5.87. The summed E-state index contributed by atoms with van der Waals surface area (Å²) in [7, 11) is 0. The second kappa shape index (κ2) is 5.34. The quantitative estimate of drug-likeness (QED) is 0.797. The van der Waals surface area contributed by atoms with Crippen molar-refractivity contribution >= 4 is 11.8 Å². The van der Waals surface area contributed by atoms with Crippen molar-refractivity contribution in [3.63, 3.8) is 0 Å². The Morgan fingerprint density at radius 2 is 1.89 bits per heavy atom. The number of hydrogen-bond donors (Lipinski definition) is 1. The minimum absolute atomic E-state index is 0.463. The van der Waals surface area contributed by atoms with Gasteiger partial charge in [-0.3, -0.25) is 4.90 Å². The minimum atomic E-state index is 0.463. The highest BCUT2D eigenvalue weighted by Crippen LogP contribution is 2.44. The van der Waals surface area contributed by atoms with E-state index in [-0.39, 0.29) is 0 Å². The molecule has 1 N–H and O–H groups in total. The van der Waals surface area contributed by atoms with E-state index in [9.17, 15) is 0 Å². The second-order valence-corrected chi connectivity index (χ2v) is 8.84. The minimum Gasteiger partial charge on any atom is -0.312 e. The van der Waals surface area contributed by atoms with Gasteiger partial charge in [-0.15, -0.1) is 0 Å². The van der Waals surface area contributed by atoms with Gasteiger partial charge in [-0.2, -0.15) is 11.8 Å². The van der Waals surface area contributed by atoms with Crippen molar-refractivity contribution in [2.75, 3.05) is 31.9 Å². The van der Waals surface area contributed by atoms with Crippen molar-refractivity contribution in [2.24, 2.45) is 11.8 Å². The highest BCUT2D eigenvalue weighted by molar-refractivity contribution is 8.00. The topological polar surface area (TPSA) is 15.3 Å². The Morgan fingerprint density at radius 1 is 1.22 bits per heavy atom. The Hall–Kier alpha value is 0.270. The standard InChI is InChI=1S/C15H28N2S/c1-15(2)11-17(9-10-18-15)8-7-16-14(12-3-4-12)13-5-6-13/h12-14,16H,3-11H2,1-2H3. The largest absolute Gasteiger partial charge is 0.312 e. The van der Waals surface area contributed by atoms with Crippen molar-refractivity contribution in [3.05, 3.63) is 0 Å². The Morgan fingerprint density at radius 3 is 2.44 bits per heavy atom. The summed E-state index contributed by atoms with van der Waals surface area (Å²) in [5.41, 5.74) is 0. The molecule has 104 valence electrons. The summed E-state index contributed by atoms with van der Waals surface area (Å²) >= 11 is 2.13. The zero-order valence-corrected chi connectivity index (χ0v) is 12.8. The summed E-state index contributed by atoms with van der Waals surface area (Å²) in [6.45, 7) is 9.77. The molecule has 18 heavy (non-hydrogen) atoms. The molecule has 3 aliphatic rings. The fourth-order valence-electron chi connectivity index (χ4n) is 3.32. The van der Waals surface area contributed by atoms with Crippen LogP contribution >= 0.6 is 11.8 Å². The van der Waals surface area contributed by atoms with Crippen LogP contribution in [-0.4, -0.2) is 47.6 Å². The first-order valence-electron chi connectivity index (χ1n) is 7.74. The molecule has 1 saturated heterocycles. The van der Waals surface area contributed by atoms with E-state index in [1.807, 2.05) is 0 Å². The predicted octanol–water partition coefficient (Wildman–Crippen LogP) is 2.59. The molecule has 0 amide bonds. The van der Waals surface area contributed by atoms with Crippen LogP contribution < -0.4 is 5.32 Å². The summed E-state index contributed by atoms with van der Waals surface area (Å²) in [6.07, 6.45) is 5.95. The van der Waals surface area contributed by atoms with E-state index in [0.717, 1.165) is 17.9 Å². The molecule has 3 rings (SSSR count). The molecule has 1 heterocycles. The van der Waals surface area contributed by atoms with Gasteiger partial charge in [-0.25, -0.2) is 0 Å². The molecule has 0 spiro atoms. The van der Waals surface area contributed by atoms with E-state index in [1.165, 1.54) is 57.6 Å². The Bertz CT molecular complexity index is 272. The summed E-state index contributed by atoms with van der Waals surface area (Å²) in [4.78, 5) is 2.65. The molecule has 2 aliphatic carbocycles. The number of nitrogens with zero attached hydrogens (tertiary/aromatic N) is 1. The third-order valence-electron chi connectivity index (χ3n) is 4.57. The molecule has 2 nitrogen and oxygen atoms in total. The number of nitrogens with one attached hydrogen (secondary N) is 1. The average molecular weight is 268 g/mol. The molecule has 0 atom stereocenters. The first-order chi connectivity index (χ1) is 8.64. The fourth-order valence-corrected chi connectivity index (χ4v) is 4.50. The van der Waals surface area contributed by atoms with Crippen LogP contribution in [0, 0.1) is 11.8 Å². The van der Waals surface area contributed by atoms with Crippen LogP contribution in [0.1, 0.15) is 39.5 Å². The van der Waals surface area contributed by atoms with Crippen molar-refractivity contribution < 1.29 is 0 Å². The van der Waals surface area contributed by atoms with Crippen LogP contribution in [-0.2, 0) is 0 Å². The van der Waals surface area contributed by atoms with Gasteiger partial charge < -0.3 is 5.32 Å². The second-order valence-electron chi connectivity index (χ2n) is 7.04. The highest BCUT2D eigenvalue weighted by atomic mass is 32.2. The summed E-state index contributed by atoms with van der Waals surface area (Å²) in [6, 6.07) is 0.872. The Kier molecular flexibility index (Phi) is 3.93. The molecule has 0 aromatic rings. The molecular formula is C15H28N2S. The average Bonchev–Trinajstić information content (AvgIpc) is 3.14. The van der Waals surface area contributed by atoms with Gasteiger partial charge in [0.05, 0.1) is 0 Å². The van der Waals surface area contributed by atoms with E-state index in [4.69, 9.17) is 0 Å². The third kappa shape index (κ3) is 3.64. The van der Waals surface area contributed by atoms with Crippen molar-refractivity contribution in [1.29, 1.82) is 0 Å². The molecule has 0 aromatic carbocycles. The summed E-state index contributed by atoms with van der Waals surface area (Å²) < 4.78 is 0.463. The predicted molar refractivity (Wildman–Crippen MR) is 80.2 cm³/mol. The molecule has 2 saturated carbocycles. The van der Waals surface area contributed by atoms with Crippen molar-refractivity contribution in [3.8, 4) is 0 Å². The Balaban J connectivity index is 1.38. The van der Waals surface area contributed by atoms with Gasteiger partial charge in [0.25, 0.3) is 0 Å². The van der Waals surface area contributed by atoms with E-state index in [2.05, 4.69) is 35.8 Å². The van der Waals surface area contributed by atoms with Crippen molar-refractivity contribution in [2.45, 2.75) is 50.3 Å². The van der Waals surface area contributed by atoms with E-state index in [1.54, 1.807) is 0 Å². The molecule has 0 radical (unpaired) electrons. The van der Waals surface area contributed by atoms with Crippen LogP contribution in [0.3, 0.4) is 0 Å². The zero-order valence-electron chi connectivity index (χ0n) is 12.0. The van der Waals surface area contributed by atoms with Crippen LogP contribution in [0.5, 0.6) is 0 Å². The van der Waals surface area contributed by atoms with Crippen LogP contribution in [0.15, 0.2) is 0 Å². The maximum atomic E-state index is 3.87. The maximum Gasteiger partial charge on any atom is 0.0231 e. The van der Waals surface area contributed by atoms with Gasteiger partial charge in [0.15, 0.2) is 0 Å². The number of hydrogen-bond acceptors (Lipinski definition) is 3. The smallest absolute Gasteiger partial charge is 0.0231 e.